The number of nitrogens with one attached hydrogen (secondary N) is 2. The highest BCUT2D eigenvalue weighted by Crippen LogP contribution is 2.20. The number of unbranched alkanes of at least 4 members (excludes halogenated alkanes) is 1. The van der Waals surface area contributed by atoms with Gasteiger partial charge in [-0.25, -0.2) is 14.4 Å². The molecule has 0 bridgehead atoms. The number of guanidine groups is 1. The molecule has 1 aromatic heterocycles. The van der Waals surface area contributed by atoms with E-state index in [1.54, 1.807) is 0 Å². The first-order chi connectivity index (χ1) is 14.7. The largest absolute Gasteiger partial charge is 0.368 e. The second-order valence-electron chi connectivity index (χ2n) is 7.45. The Labute approximate surface area is 202 Å². The predicted molar refractivity (Wildman–Crippen MR) is 138 cm³/mol. The van der Waals surface area contributed by atoms with Crippen LogP contribution in [0.25, 0.3) is 0 Å². The first-order valence-corrected chi connectivity index (χ1v) is 10.9. The molecule has 0 atom stereocenters. The Morgan fingerprint density at radius 3 is 2.42 bits per heavy atom. The van der Waals surface area contributed by atoms with Gasteiger partial charge in [0, 0.05) is 51.2 Å². The second-order valence-corrected chi connectivity index (χ2v) is 7.45. The average molecular weight is 540 g/mol. The summed E-state index contributed by atoms with van der Waals surface area (Å²) in [6.07, 6.45) is 4.16. The molecule has 31 heavy (non-hydrogen) atoms. The van der Waals surface area contributed by atoms with E-state index in [1.165, 1.54) is 12.1 Å². The average Bonchev–Trinajstić information content (AvgIpc) is 2.78. The normalized spacial score (nSPS) is 14.2. The lowest BCUT2D eigenvalue weighted by molar-refractivity contribution is 0.624. The third-order valence-corrected chi connectivity index (χ3v) is 5.19. The van der Waals surface area contributed by atoms with E-state index in [9.17, 15) is 4.39 Å². The number of anilines is 2. The number of hydrogen-bond acceptors (Lipinski definition) is 4. The lowest BCUT2D eigenvalue weighted by Crippen LogP contribution is -2.46. The minimum Gasteiger partial charge on any atom is -0.368 e. The molecule has 0 unspecified atom stereocenters. The third kappa shape index (κ3) is 7.83. The molecule has 0 amide bonds. The monoisotopic (exact) mass is 540 g/mol. The molecule has 0 spiro atoms. The van der Waals surface area contributed by atoms with Crippen LogP contribution in [0.2, 0.25) is 0 Å². The van der Waals surface area contributed by atoms with Crippen molar-refractivity contribution in [3.63, 3.8) is 0 Å². The van der Waals surface area contributed by atoms with E-state index in [2.05, 4.69) is 45.3 Å². The lowest BCUT2D eigenvalue weighted by Gasteiger charge is -2.36. The summed E-state index contributed by atoms with van der Waals surface area (Å²) >= 11 is 0. The fourth-order valence-electron chi connectivity index (χ4n) is 3.47. The van der Waals surface area contributed by atoms with Gasteiger partial charge < -0.3 is 20.4 Å². The lowest BCUT2D eigenvalue weighted by atomic mass is 10.2. The van der Waals surface area contributed by atoms with Crippen molar-refractivity contribution in [2.24, 2.45) is 4.99 Å². The number of benzene rings is 1. The van der Waals surface area contributed by atoms with Crippen LogP contribution >= 0.6 is 24.0 Å². The molecule has 6 nitrogen and oxygen atoms in total. The van der Waals surface area contributed by atoms with Crippen LogP contribution in [0.1, 0.15) is 32.3 Å². The Balaban J connectivity index is 0.00000341. The Bertz CT molecular complexity index is 806. The van der Waals surface area contributed by atoms with Gasteiger partial charge in [-0.05, 0) is 55.3 Å². The number of aromatic nitrogens is 1. The van der Waals surface area contributed by atoms with Crippen LogP contribution in [0.15, 0.2) is 47.6 Å². The van der Waals surface area contributed by atoms with Gasteiger partial charge in [-0.2, -0.15) is 0 Å². The van der Waals surface area contributed by atoms with Gasteiger partial charge in [-0.3, -0.25) is 0 Å². The van der Waals surface area contributed by atoms with Crippen LogP contribution in [0.5, 0.6) is 0 Å². The molecule has 170 valence electrons. The number of nitrogens with zero attached hydrogens (tertiary/aromatic N) is 4. The zero-order chi connectivity index (χ0) is 21.2. The van der Waals surface area contributed by atoms with E-state index in [4.69, 9.17) is 4.99 Å². The van der Waals surface area contributed by atoms with Crippen molar-refractivity contribution in [1.29, 1.82) is 0 Å². The summed E-state index contributed by atoms with van der Waals surface area (Å²) in [6.45, 7) is 10.2. The molecule has 1 saturated heterocycles. The molecule has 2 aromatic rings. The van der Waals surface area contributed by atoms with E-state index in [0.717, 1.165) is 75.1 Å². The molecule has 1 fully saturated rings. The number of halogens is 2. The number of hydrogen-bond donors (Lipinski definition) is 2. The van der Waals surface area contributed by atoms with Gasteiger partial charge in [0.25, 0.3) is 0 Å². The van der Waals surface area contributed by atoms with E-state index < -0.39 is 0 Å². The van der Waals surface area contributed by atoms with Crippen molar-refractivity contribution < 1.29 is 4.39 Å². The van der Waals surface area contributed by atoms with Crippen LogP contribution < -0.4 is 20.4 Å². The topological polar surface area (TPSA) is 55.8 Å². The van der Waals surface area contributed by atoms with Crippen LogP contribution in [-0.4, -0.2) is 50.2 Å². The summed E-state index contributed by atoms with van der Waals surface area (Å²) in [5.74, 6) is 1.65. The first kappa shape index (κ1) is 25.2. The highest BCUT2D eigenvalue weighted by molar-refractivity contribution is 14.0. The van der Waals surface area contributed by atoms with Crippen molar-refractivity contribution in [2.75, 3.05) is 49.1 Å². The molecule has 2 heterocycles. The zero-order valence-electron chi connectivity index (χ0n) is 18.5. The fourth-order valence-corrected chi connectivity index (χ4v) is 3.47. The van der Waals surface area contributed by atoms with Gasteiger partial charge in [0.2, 0.25) is 0 Å². The Hall–Kier alpha value is -2.10. The minimum absolute atomic E-state index is 0. The number of aliphatic imine (C=N–C) groups is 1. The van der Waals surface area contributed by atoms with E-state index in [1.807, 2.05) is 24.4 Å². The molecule has 2 N–H and O–H groups in total. The Kier molecular flexibility index (Phi) is 10.8. The van der Waals surface area contributed by atoms with Gasteiger partial charge in [-0.15, -0.1) is 24.0 Å². The molecular formula is C23H34FIN6. The Morgan fingerprint density at radius 2 is 1.74 bits per heavy atom. The second kappa shape index (κ2) is 13.3. The fraction of sp³-hybridized carbons (Fsp3) is 0.478. The quantitative estimate of drug-likeness (QED) is 0.229. The predicted octanol–water partition coefficient (Wildman–Crippen LogP) is 4.02. The van der Waals surface area contributed by atoms with Gasteiger partial charge in [0.15, 0.2) is 5.96 Å². The van der Waals surface area contributed by atoms with Crippen molar-refractivity contribution in [3.05, 3.63) is 54.0 Å². The standard InChI is InChI=1S/C23H33FN6.HI/c1-3-5-11-27-23(25-4-2)28-18-19-10-12-26-22(17-19)30-15-13-29(14-16-30)21-8-6-20(24)7-9-21;/h6-10,12,17H,3-5,11,13-16,18H2,1-2H3,(H2,25,27,28);1H. The summed E-state index contributed by atoms with van der Waals surface area (Å²) in [5.41, 5.74) is 2.22. The number of piperazine rings is 1. The maximum Gasteiger partial charge on any atom is 0.191 e. The summed E-state index contributed by atoms with van der Waals surface area (Å²) in [7, 11) is 0. The maximum absolute atomic E-state index is 13.2. The van der Waals surface area contributed by atoms with E-state index in [0.29, 0.717) is 6.54 Å². The molecule has 8 heteroatoms. The van der Waals surface area contributed by atoms with Crippen molar-refractivity contribution in [3.8, 4) is 0 Å². The first-order valence-electron chi connectivity index (χ1n) is 10.9. The molecule has 1 aliphatic rings. The van der Waals surface area contributed by atoms with Gasteiger partial charge in [0.1, 0.15) is 11.6 Å². The van der Waals surface area contributed by atoms with Crippen molar-refractivity contribution in [2.45, 2.75) is 33.2 Å². The summed E-state index contributed by atoms with van der Waals surface area (Å²) in [5, 5.41) is 6.68. The summed E-state index contributed by atoms with van der Waals surface area (Å²) in [4.78, 5) is 13.9. The van der Waals surface area contributed by atoms with Gasteiger partial charge >= 0.3 is 0 Å². The van der Waals surface area contributed by atoms with E-state index >= 15 is 0 Å². The van der Waals surface area contributed by atoms with Gasteiger partial charge in [0.05, 0.1) is 6.54 Å². The van der Waals surface area contributed by atoms with Gasteiger partial charge in [-0.1, -0.05) is 13.3 Å². The minimum atomic E-state index is -0.195. The maximum atomic E-state index is 13.2. The molecule has 0 radical (unpaired) electrons. The van der Waals surface area contributed by atoms with E-state index in [-0.39, 0.29) is 29.8 Å². The van der Waals surface area contributed by atoms with Crippen LogP contribution in [0.4, 0.5) is 15.9 Å². The van der Waals surface area contributed by atoms with Crippen molar-refractivity contribution in [1.82, 2.24) is 15.6 Å². The molecule has 0 aliphatic carbocycles. The molecule has 3 rings (SSSR count). The molecule has 1 aromatic carbocycles. The third-order valence-electron chi connectivity index (χ3n) is 5.19. The van der Waals surface area contributed by atoms with Crippen LogP contribution in [-0.2, 0) is 6.54 Å². The smallest absolute Gasteiger partial charge is 0.191 e. The Morgan fingerprint density at radius 1 is 1.03 bits per heavy atom. The summed E-state index contributed by atoms with van der Waals surface area (Å²) in [6, 6.07) is 10.9. The highest BCUT2D eigenvalue weighted by atomic mass is 127. The number of pyridine rings is 1. The molecular weight excluding hydrogens is 506 g/mol. The highest BCUT2D eigenvalue weighted by Gasteiger charge is 2.18. The summed E-state index contributed by atoms with van der Waals surface area (Å²) < 4.78 is 13.2. The zero-order valence-corrected chi connectivity index (χ0v) is 20.8. The molecule has 1 aliphatic heterocycles. The van der Waals surface area contributed by atoms with Crippen LogP contribution in [0, 0.1) is 5.82 Å². The molecule has 0 saturated carbocycles. The number of rotatable bonds is 8. The SMILES string of the molecule is CCCCNC(=NCc1ccnc(N2CCN(c3ccc(F)cc3)CC2)c1)NCC.I. The van der Waals surface area contributed by atoms with Crippen LogP contribution in [0.3, 0.4) is 0 Å². The van der Waals surface area contributed by atoms with Crippen molar-refractivity contribution >= 4 is 41.4 Å².